The maximum Gasteiger partial charge on any atom is 0.416 e. The molecule has 1 amide bonds. The largest absolute Gasteiger partial charge is 0.416 e. The van der Waals surface area contributed by atoms with Crippen LogP contribution in [0.1, 0.15) is 11.1 Å². The zero-order chi connectivity index (χ0) is 16.4. The number of fused-ring (bicyclic) bond motifs is 1. The number of aromatic amines is 1. The van der Waals surface area contributed by atoms with Gasteiger partial charge < -0.3 is 10.3 Å². The summed E-state index contributed by atoms with van der Waals surface area (Å²) in [4.78, 5) is 19.2. The van der Waals surface area contributed by atoms with Crippen LogP contribution in [0, 0.1) is 0 Å². The zero-order valence-corrected chi connectivity index (χ0v) is 11.8. The number of carbonyl (C=O) groups is 1. The number of nitrogens with one attached hydrogen (secondary N) is 2. The van der Waals surface area contributed by atoms with Crippen molar-refractivity contribution in [1.82, 2.24) is 9.97 Å². The standard InChI is InChI=1S/C16H12F3N3O/c17-16(18,19)11-5-3-10(4-6-11)8-14(23)22-13-9-21-12-2-1-7-20-15(12)13/h1-7,9,21H,8H2,(H,22,23). The molecule has 0 bridgehead atoms. The van der Waals surface area contributed by atoms with Gasteiger partial charge in [-0.05, 0) is 29.8 Å². The maximum atomic E-state index is 12.5. The highest BCUT2D eigenvalue weighted by atomic mass is 19.4. The molecule has 0 aliphatic rings. The van der Waals surface area contributed by atoms with Crippen LogP contribution in [0.25, 0.3) is 11.0 Å². The Bertz CT molecular complexity index is 838. The molecule has 2 aromatic heterocycles. The van der Waals surface area contributed by atoms with Crippen LogP contribution in [-0.4, -0.2) is 15.9 Å². The van der Waals surface area contributed by atoms with Crippen LogP contribution >= 0.6 is 0 Å². The van der Waals surface area contributed by atoms with Crippen LogP contribution in [0.4, 0.5) is 18.9 Å². The third-order valence-corrected chi connectivity index (χ3v) is 3.35. The zero-order valence-electron chi connectivity index (χ0n) is 11.8. The average molecular weight is 319 g/mol. The second-order valence-electron chi connectivity index (χ2n) is 5.02. The average Bonchev–Trinajstić information content (AvgIpc) is 2.90. The third-order valence-electron chi connectivity index (χ3n) is 3.35. The molecular formula is C16H12F3N3O. The third kappa shape index (κ3) is 3.33. The lowest BCUT2D eigenvalue weighted by atomic mass is 10.1. The predicted octanol–water partition coefficient (Wildman–Crippen LogP) is 3.76. The van der Waals surface area contributed by atoms with Crippen LogP contribution in [0.15, 0.2) is 48.8 Å². The van der Waals surface area contributed by atoms with E-state index in [4.69, 9.17) is 0 Å². The van der Waals surface area contributed by atoms with Crippen molar-refractivity contribution in [2.75, 3.05) is 5.32 Å². The molecule has 0 aliphatic heterocycles. The Morgan fingerprint density at radius 3 is 2.61 bits per heavy atom. The molecule has 2 heterocycles. The molecule has 2 N–H and O–H groups in total. The van der Waals surface area contributed by atoms with Gasteiger partial charge in [0.05, 0.1) is 23.2 Å². The van der Waals surface area contributed by atoms with E-state index in [1.54, 1.807) is 18.5 Å². The van der Waals surface area contributed by atoms with Gasteiger partial charge in [-0.3, -0.25) is 9.78 Å². The van der Waals surface area contributed by atoms with Crippen molar-refractivity contribution in [1.29, 1.82) is 0 Å². The van der Waals surface area contributed by atoms with Crippen LogP contribution in [-0.2, 0) is 17.4 Å². The van der Waals surface area contributed by atoms with Crippen molar-refractivity contribution in [3.05, 3.63) is 59.9 Å². The number of hydrogen-bond acceptors (Lipinski definition) is 2. The van der Waals surface area contributed by atoms with Gasteiger partial charge in [0.2, 0.25) is 5.91 Å². The normalized spacial score (nSPS) is 11.6. The van der Waals surface area contributed by atoms with Crippen molar-refractivity contribution < 1.29 is 18.0 Å². The number of amides is 1. The molecule has 0 spiro atoms. The molecular weight excluding hydrogens is 307 g/mol. The number of aromatic nitrogens is 2. The maximum absolute atomic E-state index is 12.5. The molecule has 0 fully saturated rings. The van der Waals surface area contributed by atoms with Gasteiger partial charge in [0.1, 0.15) is 5.52 Å². The van der Waals surface area contributed by atoms with Crippen LogP contribution in [0.5, 0.6) is 0 Å². The number of anilines is 1. The van der Waals surface area contributed by atoms with E-state index >= 15 is 0 Å². The minimum Gasteiger partial charge on any atom is -0.358 e. The number of pyridine rings is 1. The van der Waals surface area contributed by atoms with E-state index in [2.05, 4.69) is 15.3 Å². The van der Waals surface area contributed by atoms with E-state index in [-0.39, 0.29) is 12.3 Å². The fourth-order valence-electron chi connectivity index (χ4n) is 2.24. The first-order valence-electron chi connectivity index (χ1n) is 6.81. The van der Waals surface area contributed by atoms with Crippen molar-refractivity contribution in [2.45, 2.75) is 12.6 Å². The molecule has 0 saturated carbocycles. The highest BCUT2D eigenvalue weighted by Crippen LogP contribution is 2.29. The SMILES string of the molecule is O=C(Cc1ccc(C(F)(F)F)cc1)Nc1c[nH]c2cccnc12. The molecule has 23 heavy (non-hydrogen) atoms. The van der Waals surface area contributed by atoms with Crippen molar-refractivity contribution in [3.8, 4) is 0 Å². The summed E-state index contributed by atoms with van der Waals surface area (Å²) in [5.41, 5.74) is 1.73. The van der Waals surface area contributed by atoms with Crippen molar-refractivity contribution >= 4 is 22.6 Å². The Labute approximate surface area is 129 Å². The summed E-state index contributed by atoms with van der Waals surface area (Å²) >= 11 is 0. The number of halogens is 3. The summed E-state index contributed by atoms with van der Waals surface area (Å²) in [6, 6.07) is 8.14. The quantitative estimate of drug-likeness (QED) is 0.772. The van der Waals surface area contributed by atoms with Crippen molar-refractivity contribution in [2.24, 2.45) is 0 Å². The number of hydrogen-bond donors (Lipinski definition) is 2. The first-order valence-corrected chi connectivity index (χ1v) is 6.81. The van der Waals surface area contributed by atoms with Gasteiger partial charge in [-0.2, -0.15) is 13.2 Å². The Morgan fingerprint density at radius 2 is 1.91 bits per heavy atom. The lowest BCUT2D eigenvalue weighted by Gasteiger charge is -2.08. The molecule has 0 aliphatic carbocycles. The summed E-state index contributed by atoms with van der Waals surface area (Å²) in [7, 11) is 0. The Kier molecular flexibility index (Phi) is 3.77. The Morgan fingerprint density at radius 1 is 1.17 bits per heavy atom. The molecule has 0 atom stereocenters. The lowest BCUT2D eigenvalue weighted by Crippen LogP contribution is -2.14. The Hall–Kier alpha value is -2.83. The first-order chi connectivity index (χ1) is 10.9. The van der Waals surface area contributed by atoms with E-state index in [9.17, 15) is 18.0 Å². The second-order valence-corrected chi connectivity index (χ2v) is 5.02. The van der Waals surface area contributed by atoms with Crippen LogP contribution in [0.2, 0.25) is 0 Å². The highest BCUT2D eigenvalue weighted by Gasteiger charge is 2.29. The summed E-state index contributed by atoms with van der Waals surface area (Å²) in [5.74, 6) is -0.323. The van der Waals surface area contributed by atoms with Crippen LogP contribution in [0.3, 0.4) is 0 Å². The molecule has 0 radical (unpaired) electrons. The Balaban J connectivity index is 1.70. The minimum absolute atomic E-state index is 0.0162. The molecule has 7 heteroatoms. The molecule has 118 valence electrons. The molecule has 0 unspecified atom stereocenters. The number of H-pyrrole nitrogens is 1. The number of rotatable bonds is 3. The monoisotopic (exact) mass is 319 g/mol. The number of carbonyl (C=O) groups excluding carboxylic acids is 1. The topological polar surface area (TPSA) is 57.8 Å². The van der Waals surface area contributed by atoms with Gasteiger partial charge >= 0.3 is 6.18 Å². The second kappa shape index (κ2) is 5.75. The summed E-state index contributed by atoms with van der Waals surface area (Å²) in [6.07, 6.45) is -1.15. The summed E-state index contributed by atoms with van der Waals surface area (Å²) < 4.78 is 37.5. The van der Waals surface area contributed by atoms with E-state index in [0.717, 1.165) is 17.6 Å². The molecule has 3 rings (SSSR count). The highest BCUT2D eigenvalue weighted by molar-refractivity contribution is 6.00. The number of nitrogens with zero attached hydrogens (tertiary/aromatic N) is 1. The minimum atomic E-state index is -4.38. The summed E-state index contributed by atoms with van der Waals surface area (Å²) in [6.45, 7) is 0. The molecule has 0 saturated heterocycles. The van der Waals surface area contributed by atoms with Crippen LogP contribution < -0.4 is 5.32 Å². The lowest BCUT2D eigenvalue weighted by molar-refractivity contribution is -0.137. The molecule has 3 aromatic rings. The van der Waals surface area contributed by atoms with Gasteiger partial charge in [0.25, 0.3) is 0 Å². The van der Waals surface area contributed by atoms with Gasteiger partial charge in [-0.15, -0.1) is 0 Å². The smallest absolute Gasteiger partial charge is 0.358 e. The predicted molar refractivity (Wildman–Crippen MR) is 79.9 cm³/mol. The molecule has 1 aromatic carbocycles. The van der Waals surface area contributed by atoms with E-state index in [0.29, 0.717) is 16.8 Å². The van der Waals surface area contributed by atoms with Gasteiger partial charge in [-0.1, -0.05) is 12.1 Å². The fraction of sp³-hybridized carbons (Fsp3) is 0.125. The van der Waals surface area contributed by atoms with Gasteiger partial charge in [0.15, 0.2) is 0 Å². The summed E-state index contributed by atoms with van der Waals surface area (Å²) in [5, 5.41) is 2.70. The molecule has 4 nitrogen and oxygen atoms in total. The van der Waals surface area contributed by atoms with Gasteiger partial charge in [0, 0.05) is 12.4 Å². The van der Waals surface area contributed by atoms with E-state index in [1.807, 2.05) is 6.07 Å². The fourth-order valence-corrected chi connectivity index (χ4v) is 2.24. The number of alkyl halides is 3. The number of benzene rings is 1. The van der Waals surface area contributed by atoms with Gasteiger partial charge in [-0.25, -0.2) is 0 Å². The van der Waals surface area contributed by atoms with Crippen molar-refractivity contribution in [3.63, 3.8) is 0 Å². The van der Waals surface area contributed by atoms with E-state index < -0.39 is 11.7 Å². The van der Waals surface area contributed by atoms with E-state index in [1.165, 1.54) is 12.1 Å². The first kappa shape index (κ1) is 15.1.